The molecule has 2 N–H and O–H groups in total. The molecule has 0 spiro atoms. The highest BCUT2D eigenvalue weighted by molar-refractivity contribution is 5.57. The zero-order chi connectivity index (χ0) is 22.4. The fourth-order valence-corrected chi connectivity index (χ4v) is 5.03. The Hall–Kier alpha value is -3.46. The summed E-state index contributed by atoms with van der Waals surface area (Å²) in [6, 6.07) is 10.7. The minimum Gasteiger partial charge on any atom is -0.350 e. The van der Waals surface area contributed by atoms with Gasteiger partial charge in [-0.1, -0.05) is 32.0 Å². The highest BCUT2D eigenvalue weighted by Crippen LogP contribution is 2.29. The van der Waals surface area contributed by atoms with Crippen LogP contribution < -0.4 is 15.5 Å². The molecule has 3 aromatic heterocycles. The van der Waals surface area contributed by atoms with Crippen molar-refractivity contribution < 1.29 is 0 Å². The number of nitrogens with zero attached hydrogens (tertiary/aromatic N) is 7. The van der Waals surface area contributed by atoms with E-state index in [1.807, 2.05) is 39.8 Å². The van der Waals surface area contributed by atoms with Crippen LogP contribution in [0.2, 0.25) is 0 Å². The molecule has 0 bridgehead atoms. The van der Waals surface area contributed by atoms with E-state index in [-0.39, 0.29) is 0 Å². The average molecular weight is 444 g/mol. The lowest BCUT2D eigenvalue weighted by atomic mass is 10.1. The smallest absolute Gasteiger partial charge is 0.230 e. The maximum atomic E-state index is 4.97. The number of hydrogen-bond donors (Lipinski definition) is 2. The highest BCUT2D eigenvalue weighted by Gasteiger charge is 2.37. The van der Waals surface area contributed by atoms with Crippen molar-refractivity contribution >= 4 is 17.5 Å². The molecular formula is C24H29N9. The topological polar surface area (TPSA) is 88.2 Å². The quantitative estimate of drug-likeness (QED) is 0.474. The molecule has 6 rings (SSSR count). The van der Waals surface area contributed by atoms with Gasteiger partial charge in [-0.25, -0.2) is 4.68 Å². The predicted molar refractivity (Wildman–Crippen MR) is 128 cm³/mol. The zero-order valence-corrected chi connectivity index (χ0v) is 19.0. The van der Waals surface area contributed by atoms with E-state index < -0.39 is 0 Å². The fraction of sp³-hybridized carbons (Fsp3) is 0.417. The first kappa shape index (κ1) is 20.2. The molecule has 1 aromatic carbocycles. The van der Waals surface area contributed by atoms with Crippen LogP contribution in [0.15, 0.2) is 48.9 Å². The number of anilines is 2. The van der Waals surface area contributed by atoms with Gasteiger partial charge in [0.05, 0.1) is 11.9 Å². The standard InChI is InChI=1S/C24H29N9/c1-16(2)19-13-28-33-22(19)29-24(31-14-18-8-10-25-20(18)15-31)30-23(33)26-12-17-6-3-4-7-21(17)32-11-5-9-27-32/h3-7,9,11,13,16,18,20,25H,8,10,12,14-15H2,1-2H3,(H,26,29,30). The Labute approximate surface area is 192 Å². The summed E-state index contributed by atoms with van der Waals surface area (Å²) >= 11 is 0. The third-order valence-corrected chi connectivity index (χ3v) is 6.83. The van der Waals surface area contributed by atoms with Crippen LogP contribution in [0.4, 0.5) is 11.9 Å². The van der Waals surface area contributed by atoms with Gasteiger partial charge in [0.2, 0.25) is 11.9 Å². The van der Waals surface area contributed by atoms with Gasteiger partial charge >= 0.3 is 0 Å². The molecule has 2 aliphatic heterocycles. The molecule has 9 nitrogen and oxygen atoms in total. The first-order valence-electron chi connectivity index (χ1n) is 11.7. The summed E-state index contributed by atoms with van der Waals surface area (Å²) in [4.78, 5) is 12.2. The van der Waals surface area contributed by atoms with E-state index in [2.05, 4.69) is 51.7 Å². The Kier molecular flexibility index (Phi) is 4.98. The molecule has 0 radical (unpaired) electrons. The number of rotatable bonds is 6. The normalized spacial score (nSPS) is 20.2. The maximum absolute atomic E-state index is 4.97. The highest BCUT2D eigenvalue weighted by atomic mass is 15.4. The molecular weight excluding hydrogens is 414 g/mol. The molecule has 0 saturated carbocycles. The molecule has 9 heteroatoms. The summed E-state index contributed by atoms with van der Waals surface area (Å²) in [7, 11) is 0. The number of hydrogen-bond acceptors (Lipinski definition) is 7. The molecule has 5 heterocycles. The predicted octanol–water partition coefficient (Wildman–Crippen LogP) is 2.84. The fourth-order valence-electron chi connectivity index (χ4n) is 5.03. The van der Waals surface area contributed by atoms with E-state index in [0.717, 1.165) is 48.0 Å². The molecule has 2 atom stereocenters. The summed E-state index contributed by atoms with van der Waals surface area (Å²) < 4.78 is 3.73. The Morgan fingerprint density at radius 3 is 2.85 bits per heavy atom. The van der Waals surface area contributed by atoms with Gasteiger partial charge in [-0.05, 0) is 42.5 Å². The molecule has 4 aromatic rings. The Balaban J connectivity index is 1.35. The minimum absolute atomic E-state index is 0.332. The van der Waals surface area contributed by atoms with Crippen molar-refractivity contribution in [2.75, 3.05) is 29.9 Å². The Morgan fingerprint density at radius 1 is 1.12 bits per heavy atom. The summed E-state index contributed by atoms with van der Waals surface area (Å²) in [5.74, 6) is 2.50. The van der Waals surface area contributed by atoms with Gasteiger partial charge in [0.15, 0.2) is 5.65 Å². The van der Waals surface area contributed by atoms with Gasteiger partial charge in [-0.2, -0.15) is 24.7 Å². The largest absolute Gasteiger partial charge is 0.350 e. The van der Waals surface area contributed by atoms with Crippen LogP contribution in [-0.4, -0.2) is 55.0 Å². The van der Waals surface area contributed by atoms with E-state index in [9.17, 15) is 0 Å². The van der Waals surface area contributed by atoms with E-state index >= 15 is 0 Å². The summed E-state index contributed by atoms with van der Waals surface area (Å²) in [6.45, 7) is 8.03. The second-order valence-corrected chi connectivity index (χ2v) is 9.28. The molecule has 33 heavy (non-hydrogen) atoms. The maximum Gasteiger partial charge on any atom is 0.230 e. The molecule has 170 valence electrons. The molecule has 2 fully saturated rings. The monoisotopic (exact) mass is 443 g/mol. The van der Waals surface area contributed by atoms with Crippen LogP contribution in [0.25, 0.3) is 11.3 Å². The third kappa shape index (κ3) is 3.62. The lowest BCUT2D eigenvalue weighted by molar-refractivity contribution is 0.556. The van der Waals surface area contributed by atoms with E-state index in [1.54, 1.807) is 6.20 Å². The van der Waals surface area contributed by atoms with Crippen LogP contribution in [0.3, 0.4) is 0 Å². The number of para-hydroxylation sites is 1. The van der Waals surface area contributed by atoms with E-state index in [0.29, 0.717) is 30.4 Å². The van der Waals surface area contributed by atoms with Crippen molar-refractivity contribution in [1.29, 1.82) is 0 Å². The van der Waals surface area contributed by atoms with Crippen molar-refractivity contribution in [2.45, 2.75) is 38.8 Å². The Bertz CT molecular complexity index is 1250. The van der Waals surface area contributed by atoms with Crippen molar-refractivity contribution in [3.8, 4) is 5.69 Å². The number of nitrogens with one attached hydrogen (secondary N) is 2. The summed E-state index contributed by atoms with van der Waals surface area (Å²) in [5, 5.41) is 16.2. The first-order valence-corrected chi connectivity index (χ1v) is 11.7. The van der Waals surface area contributed by atoms with Gasteiger partial charge in [-0.15, -0.1) is 0 Å². The van der Waals surface area contributed by atoms with Crippen molar-refractivity contribution in [2.24, 2.45) is 5.92 Å². The van der Waals surface area contributed by atoms with Crippen LogP contribution in [0.5, 0.6) is 0 Å². The summed E-state index contributed by atoms with van der Waals surface area (Å²) in [5.41, 5.74) is 4.19. The second-order valence-electron chi connectivity index (χ2n) is 9.28. The van der Waals surface area contributed by atoms with Crippen molar-refractivity contribution in [1.82, 2.24) is 34.7 Å². The molecule has 0 aliphatic carbocycles. The van der Waals surface area contributed by atoms with E-state index in [4.69, 9.17) is 9.97 Å². The lowest BCUT2D eigenvalue weighted by Crippen LogP contribution is -2.31. The summed E-state index contributed by atoms with van der Waals surface area (Å²) in [6.07, 6.45) is 6.90. The van der Waals surface area contributed by atoms with Gasteiger partial charge in [0.1, 0.15) is 0 Å². The van der Waals surface area contributed by atoms with Gasteiger partial charge in [0.25, 0.3) is 0 Å². The first-order chi connectivity index (χ1) is 16.2. The lowest BCUT2D eigenvalue weighted by Gasteiger charge is -2.19. The SMILES string of the molecule is CC(C)c1cnn2c(NCc3ccccc3-n3cccn3)nc(N3CC4CCNC4C3)nc12. The molecule has 0 amide bonds. The third-order valence-electron chi connectivity index (χ3n) is 6.83. The average Bonchev–Trinajstić information content (AvgIpc) is 3.60. The second kappa shape index (κ2) is 8.15. The van der Waals surface area contributed by atoms with Crippen LogP contribution in [0, 0.1) is 5.92 Å². The van der Waals surface area contributed by atoms with Crippen LogP contribution in [-0.2, 0) is 6.54 Å². The molecule has 2 saturated heterocycles. The van der Waals surface area contributed by atoms with Gasteiger partial charge in [0, 0.05) is 43.6 Å². The van der Waals surface area contributed by atoms with E-state index in [1.165, 1.54) is 6.42 Å². The zero-order valence-electron chi connectivity index (χ0n) is 19.0. The molecule has 2 unspecified atom stereocenters. The van der Waals surface area contributed by atoms with Gasteiger partial charge in [-0.3, -0.25) is 0 Å². The van der Waals surface area contributed by atoms with Gasteiger partial charge < -0.3 is 15.5 Å². The molecule has 2 aliphatic rings. The van der Waals surface area contributed by atoms with Crippen molar-refractivity contribution in [3.63, 3.8) is 0 Å². The van der Waals surface area contributed by atoms with Crippen LogP contribution in [0.1, 0.15) is 37.3 Å². The van der Waals surface area contributed by atoms with Crippen molar-refractivity contribution in [3.05, 3.63) is 60.0 Å². The minimum atomic E-state index is 0.332. The number of benzene rings is 1. The van der Waals surface area contributed by atoms with Crippen LogP contribution >= 0.6 is 0 Å². The number of aromatic nitrogens is 6. The number of fused-ring (bicyclic) bond motifs is 2. The Morgan fingerprint density at radius 2 is 2.03 bits per heavy atom.